The molecular weight excluding hydrogens is 381 g/mol. The molecule has 0 aliphatic rings. The number of thiazole rings is 1. The van der Waals surface area contributed by atoms with Crippen LogP contribution < -0.4 is 5.32 Å². The van der Waals surface area contributed by atoms with E-state index in [4.69, 9.17) is 58.0 Å². The molecule has 0 aliphatic carbocycles. The van der Waals surface area contributed by atoms with Crippen LogP contribution in [-0.4, -0.2) is 26.7 Å². The third-order valence-corrected chi connectivity index (χ3v) is 3.31. The van der Waals surface area contributed by atoms with E-state index in [1.807, 2.05) is 0 Å². The van der Waals surface area contributed by atoms with Gasteiger partial charge in [-0.05, 0) is 11.6 Å². The number of amides is 1. The summed E-state index contributed by atoms with van der Waals surface area (Å²) in [5.41, 5.74) is 1.52. The zero-order chi connectivity index (χ0) is 14.6. The fraction of sp³-hybridized carbons (Fsp3) is 0.375. The molecule has 1 aromatic heterocycles. The first-order chi connectivity index (χ1) is 8.70. The number of aromatic nitrogens is 1. The fourth-order valence-electron chi connectivity index (χ4n) is 0.968. The van der Waals surface area contributed by atoms with Crippen LogP contribution in [0.4, 0.5) is 4.79 Å². The number of alkyl halides is 3. The minimum absolute atomic E-state index is 0.123. The second-order valence-electron chi connectivity index (χ2n) is 3.08. The Morgan fingerprint density at radius 3 is 2.53 bits per heavy atom. The van der Waals surface area contributed by atoms with Gasteiger partial charge in [0.1, 0.15) is 16.6 Å². The average Bonchev–Trinajstić information content (AvgIpc) is 2.68. The van der Waals surface area contributed by atoms with Crippen LogP contribution in [0.1, 0.15) is 11.7 Å². The molecular formula is C8H5Cl5N2O3S. The highest BCUT2D eigenvalue weighted by molar-refractivity contribution is 7.14. The Labute approximate surface area is 137 Å². The molecule has 106 valence electrons. The van der Waals surface area contributed by atoms with E-state index in [9.17, 15) is 9.59 Å². The van der Waals surface area contributed by atoms with E-state index in [1.165, 1.54) is 5.51 Å². The number of alkyl carbamates (subject to hydrolysis) is 1. The van der Waals surface area contributed by atoms with Gasteiger partial charge in [0.15, 0.2) is 6.04 Å². The van der Waals surface area contributed by atoms with Crippen LogP contribution in [0.2, 0.25) is 4.34 Å². The van der Waals surface area contributed by atoms with E-state index >= 15 is 0 Å². The van der Waals surface area contributed by atoms with E-state index in [1.54, 1.807) is 0 Å². The Morgan fingerprint density at radius 1 is 1.47 bits per heavy atom. The Hall–Kier alpha value is 0.0200. The van der Waals surface area contributed by atoms with Gasteiger partial charge in [0.2, 0.25) is 9.03 Å². The van der Waals surface area contributed by atoms with Crippen molar-refractivity contribution in [3.8, 4) is 0 Å². The van der Waals surface area contributed by atoms with E-state index in [2.05, 4.69) is 15.0 Å². The molecule has 0 fully saturated rings. The van der Waals surface area contributed by atoms with Crippen molar-refractivity contribution >= 4 is 80.7 Å². The summed E-state index contributed by atoms with van der Waals surface area (Å²) in [6, 6.07) is -1.23. The highest BCUT2D eigenvalue weighted by Crippen LogP contribution is 2.28. The summed E-state index contributed by atoms with van der Waals surface area (Å²) < 4.78 is 3.07. The predicted octanol–water partition coefficient (Wildman–Crippen LogP) is 3.70. The number of carbonyl (C=O) groups excluding carboxylic acids is 2. The maximum atomic E-state index is 11.4. The molecule has 0 saturated carbocycles. The molecule has 1 aromatic rings. The molecule has 0 bridgehead atoms. The lowest BCUT2D eigenvalue weighted by molar-refractivity contribution is -0.113. The number of halogens is 5. The van der Waals surface area contributed by atoms with Gasteiger partial charge in [-0.3, -0.25) is 4.79 Å². The summed E-state index contributed by atoms with van der Waals surface area (Å²) in [4.78, 5) is 26.5. The molecule has 1 N–H and O–H groups in total. The molecule has 0 aromatic carbocycles. The number of hydrogen-bond acceptors (Lipinski definition) is 5. The van der Waals surface area contributed by atoms with Gasteiger partial charge in [0.25, 0.3) is 0 Å². The summed E-state index contributed by atoms with van der Waals surface area (Å²) in [6.07, 6.45) is -0.991. The SMILES string of the molecule is O=C(NC(C(=O)Cl)c1ncsc1Cl)OCC(Cl)(Cl)Cl. The first-order valence-electron chi connectivity index (χ1n) is 4.49. The highest BCUT2D eigenvalue weighted by Gasteiger charge is 2.28. The van der Waals surface area contributed by atoms with Gasteiger partial charge < -0.3 is 10.1 Å². The molecule has 1 amide bonds. The Balaban J connectivity index is 2.68. The normalized spacial score (nSPS) is 12.9. The Kier molecular flexibility index (Phi) is 6.42. The molecule has 19 heavy (non-hydrogen) atoms. The van der Waals surface area contributed by atoms with E-state index in [0.717, 1.165) is 11.3 Å². The molecule has 11 heteroatoms. The number of rotatable bonds is 4. The summed E-state index contributed by atoms with van der Waals surface area (Å²) in [5, 5.41) is 1.30. The summed E-state index contributed by atoms with van der Waals surface area (Å²) in [7, 11) is 0. The van der Waals surface area contributed by atoms with Crippen molar-refractivity contribution in [1.29, 1.82) is 0 Å². The summed E-state index contributed by atoms with van der Waals surface area (Å²) in [6.45, 7) is -0.489. The van der Waals surface area contributed by atoms with Crippen LogP contribution in [0.3, 0.4) is 0 Å². The van der Waals surface area contributed by atoms with Gasteiger partial charge in [-0.25, -0.2) is 9.78 Å². The van der Waals surface area contributed by atoms with Crippen LogP contribution in [0.15, 0.2) is 5.51 Å². The van der Waals surface area contributed by atoms with Crippen molar-refractivity contribution in [2.75, 3.05) is 6.61 Å². The highest BCUT2D eigenvalue weighted by atomic mass is 35.6. The molecule has 0 spiro atoms. The van der Waals surface area contributed by atoms with Crippen LogP contribution >= 0.6 is 69.3 Å². The van der Waals surface area contributed by atoms with E-state index < -0.39 is 27.8 Å². The quantitative estimate of drug-likeness (QED) is 0.633. The zero-order valence-corrected chi connectivity index (χ0v) is 13.4. The first kappa shape index (κ1) is 17.1. The zero-order valence-electron chi connectivity index (χ0n) is 8.83. The van der Waals surface area contributed by atoms with Gasteiger partial charge in [-0.1, -0.05) is 46.4 Å². The fourth-order valence-corrected chi connectivity index (χ4v) is 2.12. The predicted molar refractivity (Wildman–Crippen MR) is 75.5 cm³/mol. The van der Waals surface area contributed by atoms with Gasteiger partial charge in [0.05, 0.1) is 5.51 Å². The van der Waals surface area contributed by atoms with Crippen molar-refractivity contribution in [1.82, 2.24) is 10.3 Å². The molecule has 0 aliphatic heterocycles. The van der Waals surface area contributed by atoms with Crippen molar-refractivity contribution in [2.24, 2.45) is 0 Å². The second-order valence-corrected chi connectivity index (χ2v) is 7.43. The standard InChI is InChI=1S/C8H5Cl5N2O3S/c9-5(16)3(4-6(10)19-2-14-4)15-7(17)18-1-8(11,12)13/h2-3H,1H2,(H,15,17). The maximum absolute atomic E-state index is 11.4. The number of ether oxygens (including phenoxy) is 1. The van der Waals surface area contributed by atoms with Crippen LogP contribution in [-0.2, 0) is 9.53 Å². The molecule has 0 saturated heterocycles. The minimum atomic E-state index is -1.75. The molecule has 1 heterocycles. The lowest BCUT2D eigenvalue weighted by Gasteiger charge is -2.15. The largest absolute Gasteiger partial charge is 0.445 e. The summed E-state index contributed by atoms with van der Waals surface area (Å²) >= 11 is 28.5. The van der Waals surface area contributed by atoms with Crippen LogP contribution in [0.5, 0.6) is 0 Å². The smallest absolute Gasteiger partial charge is 0.408 e. The topological polar surface area (TPSA) is 68.3 Å². The molecule has 1 atom stereocenters. The average molecular weight is 386 g/mol. The lowest BCUT2D eigenvalue weighted by atomic mass is 10.2. The summed E-state index contributed by atoms with van der Waals surface area (Å²) in [5.74, 6) is 0. The van der Waals surface area contributed by atoms with Crippen molar-refractivity contribution in [2.45, 2.75) is 9.83 Å². The molecule has 1 rings (SSSR count). The van der Waals surface area contributed by atoms with Gasteiger partial charge >= 0.3 is 6.09 Å². The van der Waals surface area contributed by atoms with E-state index in [0.29, 0.717) is 0 Å². The van der Waals surface area contributed by atoms with Crippen molar-refractivity contribution < 1.29 is 14.3 Å². The Bertz CT molecular complexity index is 475. The number of carbonyl (C=O) groups is 2. The van der Waals surface area contributed by atoms with Crippen molar-refractivity contribution in [3.05, 3.63) is 15.5 Å². The monoisotopic (exact) mass is 384 g/mol. The second kappa shape index (κ2) is 7.15. The minimum Gasteiger partial charge on any atom is -0.445 e. The molecule has 1 unspecified atom stereocenters. The van der Waals surface area contributed by atoms with Crippen molar-refractivity contribution in [3.63, 3.8) is 0 Å². The van der Waals surface area contributed by atoms with Gasteiger partial charge in [0, 0.05) is 0 Å². The lowest BCUT2D eigenvalue weighted by Crippen LogP contribution is -2.34. The number of hydrogen-bond donors (Lipinski definition) is 1. The first-order valence-corrected chi connectivity index (χ1v) is 7.26. The third-order valence-electron chi connectivity index (χ3n) is 1.68. The molecule has 0 radical (unpaired) electrons. The number of nitrogens with zero attached hydrogens (tertiary/aromatic N) is 1. The van der Waals surface area contributed by atoms with Gasteiger partial charge in [-0.2, -0.15) is 0 Å². The number of nitrogens with one attached hydrogen (secondary N) is 1. The van der Waals surface area contributed by atoms with Crippen LogP contribution in [0, 0.1) is 0 Å². The Morgan fingerprint density at radius 2 is 2.11 bits per heavy atom. The maximum Gasteiger partial charge on any atom is 0.408 e. The third kappa shape index (κ3) is 5.89. The van der Waals surface area contributed by atoms with Crippen LogP contribution in [0.25, 0.3) is 0 Å². The molecule has 5 nitrogen and oxygen atoms in total. The van der Waals surface area contributed by atoms with Gasteiger partial charge in [-0.15, -0.1) is 11.3 Å². The van der Waals surface area contributed by atoms with E-state index in [-0.39, 0.29) is 10.0 Å².